The van der Waals surface area contributed by atoms with Crippen molar-refractivity contribution >= 4 is 0 Å². The Morgan fingerprint density at radius 3 is 2.12 bits per heavy atom. The molecule has 104 valence electrons. The molecule has 0 saturated heterocycles. The van der Waals surface area contributed by atoms with E-state index in [9.17, 15) is 5.11 Å². The van der Waals surface area contributed by atoms with Crippen LogP contribution in [0.25, 0.3) is 0 Å². The third-order valence-electron chi connectivity index (χ3n) is 2.71. The molecule has 0 aliphatic carbocycles. The number of nitrogens with two attached hydrogens (primary N) is 1. The molecule has 0 aliphatic heterocycles. The van der Waals surface area contributed by atoms with Crippen molar-refractivity contribution in [3.05, 3.63) is 0 Å². The van der Waals surface area contributed by atoms with Crippen molar-refractivity contribution in [1.29, 1.82) is 0 Å². The van der Waals surface area contributed by atoms with E-state index in [0.29, 0.717) is 19.8 Å². The van der Waals surface area contributed by atoms with Gasteiger partial charge in [0.1, 0.15) is 0 Å². The van der Waals surface area contributed by atoms with E-state index in [4.69, 9.17) is 15.2 Å². The lowest BCUT2D eigenvalue weighted by Crippen LogP contribution is -2.33. The highest BCUT2D eigenvalue weighted by atomic mass is 16.5. The predicted molar refractivity (Wildman–Crippen MR) is 70.1 cm³/mol. The fourth-order valence-electron chi connectivity index (χ4n) is 1.38. The van der Waals surface area contributed by atoms with E-state index in [-0.39, 0.29) is 0 Å². The van der Waals surface area contributed by atoms with E-state index in [1.165, 1.54) is 6.42 Å². The van der Waals surface area contributed by atoms with E-state index in [2.05, 4.69) is 6.92 Å². The first-order chi connectivity index (χ1) is 8.12. The van der Waals surface area contributed by atoms with Crippen LogP contribution in [-0.2, 0) is 9.47 Å². The third-order valence-corrected chi connectivity index (χ3v) is 2.71. The van der Waals surface area contributed by atoms with Gasteiger partial charge in [0.25, 0.3) is 0 Å². The Morgan fingerprint density at radius 1 is 1.00 bits per heavy atom. The Hall–Kier alpha value is -0.160. The molecule has 0 aliphatic rings. The lowest BCUT2D eigenvalue weighted by Gasteiger charge is -2.20. The first-order valence-electron chi connectivity index (χ1n) is 6.70. The standard InChI is InChI=1S/C13H29NO3/c1-3-4-8-16-10-11-17-9-6-5-7-13(2,15)12-14/h15H,3-12,14H2,1-2H3. The molecule has 0 fully saturated rings. The van der Waals surface area contributed by atoms with Crippen molar-refractivity contribution in [2.45, 2.75) is 51.6 Å². The number of hydrogen-bond acceptors (Lipinski definition) is 4. The summed E-state index contributed by atoms with van der Waals surface area (Å²) in [6.07, 6.45) is 4.93. The monoisotopic (exact) mass is 247 g/mol. The summed E-state index contributed by atoms with van der Waals surface area (Å²) >= 11 is 0. The van der Waals surface area contributed by atoms with E-state index >= 15 is 0 Å². The van der Waals surface area contributed by atoms with Crippen molar-refractivity contribution in [3.8, 4) is 0 Å². The van der Waals surface area contributed by atoms with Crippen LogP contribution < -0.4 is 5.73 Å². The summed E-state index contributed by atoms with van der Waals surface area (Å²) in [5.74, 6) is 0. The van der Waals surface area contributed by atoms with Gasteiger partial charge in [-0.3, -0.25) is 0 Å². The molecule has 0 amide bonds. The first-order valence-corrected chi connectivity index (χ1v) is 6.70. The topological polar surface area (TPSA) is 64.7 Å². The van der Waals surface area contributed by atoms with Gasteiger partial charge in [0, 0.05) is 19.8 Å². The number of aliphatic hydroxyl groups is 1. The zero-order chi connectivity index (χ0) is 13.0. The second kappa shape index (κ2) is 11.0. The summed E-state index contributed by atoms with van der Waals surface area (Å²) in [5.41, 5.74) is 4.71. The van der Waals surface area contributed by atoms with Gasteiger partial charge in [-0.15, -0.1) is 0 Å². The maximum absolute atomic E-state index is 9.66. The van der Waals surface area contributed by atoms with Gasteiger partial charge in [-0.05, 0) is 32.6 Å². The molecule has 0 aromatic carbocycles. The summed E-state index contributed by atoms with van der Waals surface area (Å²) in [6.45, 7) is 7.15. The summed E-state index contributed by atoms with van der Waals surface area (Å²) in [5, 5.41) is 9.66. The molecule has 0 spiro atoms. The van der Waals surface area contributed by atoms with E-state index < -0.39 is 5.60 Å². The predicted octanol–water partition coefficient (Wildman–Crippen LogP) is 1.70. The van der Waals surface area contributed by atoms with Crippen LogP contribution in [0.5, 0.6) is 0 Å². The van der Waals surface area contributed by atoms with Crippen LogP contribution in [0.1, 0.15) is 46.0 Å². The van der Waals surface area contributed by atoms with Crippen LogP contribution in [0.15, 0.2) is 0 Å². The van der Waals surface area contributed by atoms with Crippen LogP contribution in [-0.4, -0.2) is 43.7 Å². The third kappa shape index (κ3) is 12.1. The lowest BCUT2D eigenvalue weighted by molar-refractivity contribution is 0.0367. The zero-order valence-corrected chi connectivity index (χ0v) is 11.4. The maximum Gasteiger partial charge on any atom is 0.0741 e. The minimum atomic E-state index is -0.719. The molecule has 17 heavy (non-hydrogen) atoms. The molecule has 4 nitrogen and oxygen atoms in total. The smallest absolute Gasteiger partial charge is 0.0741 e. The molecule has 0 aromatic rings. The van der Waals surface area contributed by atoms with Gasteiger partial charge in [-0.25, -0.2) is 0 Å². The van der Waals surface area contributed by atoms with Gasteiger partial charge in [0.05, 0.1) is 18.8 Å². The molecule has 0 bridgehead atoms. The van der Waals surface area contributed by atoms with Crippen molar-refractivity contribution in [2.75, 3.05) is 33.0 Å². The van der Waals surface area contributed by atoms with E-state index in [1.54, 1.807) is 6.92 Å². The van der Waals surface area contributed by atoms with Crippen molar-refractivity contribution < 1.29 is 14.6 Å². The Kier molecular flexibility index (Phi) is 10.9. The van der Waals surface area contributed by atoms with Crippen LogP contribution >= 0.6 is 0 Å². The number of ether oxygens (including phenoxy) is 2. The second-order valence-electron chi connectivity index (χ2n) is 4.74. The summed E-state index contributed by atoms with van der Waals surface area (Å²) < 4.78 is 10.8. The lowest BCUT2D eigenvalue weighted by atomic mass is 10.00. The quantitative estimate of drug-likeness (QED) is 0.515. The minimum absolute atomic E-state index is 0.319. The molecule has 0 aromatic heterocycles. The SMILES string of the molecule is CCCCOCCOCCCCC(C)(O)CN. The van der Waals surface area contributed by atoms with Crippen LogP contribution in [0.3, 0.4) is 0 Å². The van der Waals surface area contributed by atoms with Crippen molar-refractivity contribution in [3.63, 3.8) is 0 Å². The van der Waals surface area contributed by atoms with Crippen LogP contribution in [0, 0.1) is 0 Å². The molecular formula is C13H29NO3. The van der Waals surface area contributed by atoms with Crippen LogP contribution in [0.2, 0.25) is 0 Å². The van der Waals surface area contributed by atoms with Gasteiger partial charge < -0.3 is 20.3 Å². The number of rotatable bonds is 12. The Balaban J connectivity index is 3.09. The summed E-state index contributed by atoms with van der Waals surface area (Å²) in [4.78, 5) is 0. The Morgan fingerprint density at radius 2 is 1.59 bits per heavy atom. The van der Waals surface area contributed by atoms with Gasteiger partial charge in [0.2, 0.25) is 0 Å². The van der Waals surface area contributed by atoms with E-state index in [0.717, 1.165) is 38.9 Å². The van der Waals surface area contributed by atoms with Gasteiger partial charge >= 0.3 is 0 Å². The summed E-state index contributed by atoms with van der Waals surface area (Å²) in [7, 11) is 0. The molecule has 4 heteroatoms. The van der Waals surface area contributed by atoms with E-state index in [1.807, 2.05) is 0 Å². The fraction of sp³-hybridized carbons (Fsp3) is 1.00. The fourth-order valence-corrected chi connectivity index (χ4v) is 1.38. The van der Waals surface area contributed by atoms with Crippen molar-refractivity contribution in [1.82, 2.24) is 0 Å². The normalized spacial score (nSPS) is 14.8. The minimum Gasteiger partial charge on any atom is -0.389 e. The van der Waals surface area contributed by atoms with Gasteiger partial charge in [-0.2, -0.15) is 0 Å². The first kappa shape index (κ1) is 16.8. The van der Waals surface area contributed by atoms with Gasteiger partial charge in [0.15, 0.2) is 0 Å². The largest absolute Gasteiger partial charge is 0.389 e. The highest BCUT2D eigenvalue weighted by Crippen LogP contribution is 2.11. The molecule has 1 atom stereocenters. The Bertz CT molecular complexity index is 163. The highest BCUT2D eigenvalue weighted by Gasteiger charge is 2.16. The Labute approximate surface area is 105 Å². The number of unbranched alkanes of at least 4 members (excludes halogenated alkanes) is 2. The molecular weight excluding hydrogens is 218 g/mol. The second-order valence-corrected chi connectivity index (χ2v) is 4.74. The molecule has 0 heterocycles. The maximum atomic E-state index is 9.66. The van der Waals surface area contributed by atoms with Crippen LogP contribution in [0.4, 0.5) is 0 Å². The molecule has 0 saturated carbocycles. The highest BCUT2D eigenvalue weighted by molar-refractivity contribution is 4.72. The molecule has 0 radical (unpaired) electrons. The molecule has 1 unspecified atom stereocenters. The average Bonchev–Trinajstić information content (AvgIpc) is 2.31. The zero-order valence-electron chi connectivity index (χ0n) is 11.4. The number of hydrogen-bond donors (Lipinski definition) is 2. The molecule has 0 rings (SSSR count). The van der Waals surface area contributed by atoms with Crippen molar-refractivity contribution in [2.24, 2.45) is 5.73 Å². The molecule has 3 N–H and O–H groups in total. The summed E-state index contributed by atoms with van der Waals surface area (Å²) in [6, 6.07) is 0. The van der Waals surface area contributed by atoms with Gasteiger partial charge in [-0.1, -0.05) is 13.3 Å². The average molecular weight is 247 g/mol.